The molecule has 0 aliphatic carbocycles. The zero-order valence-electron chi connectivity index (χ0n) is 19.1. The van der Waals surface area contributed by atoms with E-state index in [0.29, 0.717) is 28.5 Å². The maximum Gasteiger partial charge on any atom is 0.282 e. The molecule has 0 unspecified atom stereocenters. The van der Waals surface area contributed by atoms with Crippen LogP contribution in [0.4, 0.5) is 15.8 Å². The lowest BCUT2D eigenvalue weighted by molar-refractivity contribution is -0.120. The summed E-state index contributed by atoms with van der Waals surface area (Å²) in [5.74, 6) is -0.384. The average Bonchev–Trinajstić information content (AvgIpc) is 3.08. The van der Waals surface area contributed by atoms with Crippen molar-refractivity contribution in [2.45, 2.75) is 6.92 Å². The Bertz CT molecular complexity index is 1300. The van der Waals surface area contributed by atoms with Gasteiger partial charge in [-0.25, -0.2) is 9.29 Å². The van der Waals surface area contributed by atoms with E-state index in [2.05, 4.69) is 5.32 Å². The van der Waals surface area contributed by atoms with Crippen molar-refractivity contribution in [3.8, 4) is 17.2 Å². The molecular formula is C26H23FN2O5. The first-order chi connectivity index (χ1) is 16.4. The lowest BCUT2D eigenvalue weighted by Crippen LogP contribution is -2.32. The number of halogens is 1. The van der Waals surface area contributed by atoms with Crippen LogP contribution >= 0.6 is 0 Å². The number of ether oxygens (including phenoxy) is 3. The van der Waals surface area contributed by atoms with Crippen molar-refractivity contribution in [3.63, 3.8) is 0 Å². The zero-order chi connectivity index (χ0) is 24.4. The molecule has 1 aliphatic rings. The number of methoxy groups -OCH3 is 3. The highest BCUT2D eigenvalue weighted by atomic mass is 19.1. The van der Waals surface area contributed by atoms with E-state index in [0.717, 1.165) is 10.5 Å². The van der Waals surface area contributed by atoms with Crippen LogP contribution in [0.15, 0.2) is 66.4 Å². The molecule has 0 fully saturated rings. The molecule has 8 heteroatoms. The fourth-order valence-corrected chi connectivity index (χ4v) is 3.77. The highest BCUT2D eigenvalue weighted by Gasteiger charge is 2.42. The Morgan fingerprint density at radius 2 is 1.47 bits per heavy atom. The monoisotopic (exact) mass is 462 g/mol. The van der Waals surface area contributed by atoms with Crippen LogP contribution < -0.4 is 24.4 Å². The van der Waals surface area contributed by atoms with Gasteiger partial charge in [0.1, 0.15) is 28.8 Å². The van der Waals surface area contributed by atoms with Crippen LogP contribution in [-0.2, 0) is 9.59 Å². The summed E-state index contributed by atoms with van der Waals surface area (Å²) in [6.45, 7) is 1.90. The first-order valence-corrected chi connectivity index (χ1v) is 10.4. The number of rotatable bonds is 7. The molecule has 2 amide bonds. The van der Waals surface area contributed by atoms with Crippen LogP contribution in [-0.4, -0.2) is 33.1 Å². The van der Waals surface area contributed by atoms with Gasteiger partial charge in [0.05, 0.1) is 38.3 Å². The molecule has 1 N–H and O–H groups in total. The molecule has 0 bridgehead atoms. The van der Waals surface area contributed by atoms with E-state index in [1.807, 2.05) is 13.0 Å². The summed E-state index contributed by atoms with van der Waals surface area (Å²) >= 11 is 0. The third kappa shape index (κ3) is 4.05. The number of benzene rings is 3. The van der Waals surface area contributed by atoms with Crippen molar-refractivity contribution in [1.82, 2.24) is 0 Å². The lowest BCUT2D eigenvalue weighted by Gasteiger charge is -2.19. The van der Waals surface area contributed by atoms with Gasteiger partial charge in [-0.05, 0) is 54.4 Å². The second kappa shape index (κ2) is 9.27. The third-order valence-electron chi connectivity index (χ3n) is 5.46. The van der Waals surface area contributed by atoms with Gasteiger partial charge < -0.3 is 19.5 Å². The third-order valence-corrected chi connectivity index (χ3v) is 5.46. The summed E-state index contributed by atoms with van der Waals surface area (Å²) in [5, 5.41) is 3.09. The summed E-state index contributed by atoms with van der Waals surface area (Å²) in [5.41, 5.74) is 2.18. The number of hydrogen-bond donors (Lipinski definition) is 1. The standard InChI is InChI=1S/C26H23FN2O5/c1-15-5-11-21(33-3)19(13-15)28-24-23(16-6-8-17(27)9-7-16)25(30)29(26(24)31)20-14-18(32-2)10-12-22(20)34-4/h5-14,28H,1-4H3. The minimum Gasteiger partial charge on any atom is -0.497 e. The van der Waals surface area contributed by atoms with Gasteiger partial charge in [-0.15, -0.1) is 0 Å². The number of aryl methyl sites for hydroxylation is 1. The topological polar surface area (TPSA) is 77.1 Å². The second-order valence-electron chi connectivity index (χ2n) is 7.57. The molecule has 174 valence electrons. The number of anilines is 2. The van der Waals surface area contributed by atoms with Crippen LogP contribution in [0.3, 0.4) is 0 Å². The molecule has 0 radical (unpaired) electrons. The van der Waals surface area contributed by atoms with Crippen molar-refractivity contribution in [1.29, 1.82) is 0 Å². The van der Waals surface area contributed by atoms with Crippen LogP contribution in [0.2, 0.25) is 0 Å². The summed E-state index contributed by atoms with van der Waals surface area (Å²) in [4.78, 5) is 28.4. The number of carbonyl (C=O) groups excluding carboxylic acids is 2. The van der Waals surface area contributed by atoms with Crippen LogP contribution in [0.5, 0.6) is 17.2 Å². The number of carbonyl (C=O) groups is 2. The first-order valence-electron chi connectivity index (χ1n) is 10.4. The number of nitrogens with one attached hydrogen (secondary N) is 1. The highest BCUT2D eigenvalue weighted by molar-refractivity contribution is 6.46. The molecule has 0 spiro atoms. The van der Waals surface area contributed by atoms with Crippen molar-refractivity contribution < 1.29 is 28.2 Å². The Labute approximate surface area is 196 Å². The zero-order valence-corrected chi connectivity index (χ0v) is 19.1. The maximum absolute atomic E-state index is 13.7. The molecule has 1 aliphatic heterocycles. The van der Waals surface area contributed by atoms with Gasteiger partial charge in [-0.3, -0.25) is 9.59 Å². The summed E-state index contributed by atoms with van der Waals surface area (Å²) in [6, 6.07) is 15.6. The molecule has 0 aromatic heterocycles. The average molecular weight is 462 g/mol. The van der Waals surface area contributed by atoms with Gasteiger partial charge in [0.15, 0.2) is 0 Å². The highest BCUT2D eigenvalue weighted by Crippen LogP contribution is 2.40. The van der Waals surface area contributed by atoms with Crippen LogP contribution in [0.1, 0.15) is 11.1 Å². The van der Waals surface area contributed by atoms with E-state index >= 15 is 0 Å². The van der Waals surface area contributed by atoms with Gasteiger partial charge in [-0.1, -0.05) is 18.2 Å². The minimum absolute atomic E-state index is 0.0328. The Morgan fingerprint density at radius 1 is 0.794 bits per heavy atom. The van der Waals surface area contributed by atoms with E-state index in [1.54, 1.807) is 30.3 Å². The van der Waals surface area contributed by atoms with E-state index in [-0.39, 0.29) is 17.0 Å². The quantitative estimate of drug-likeness (QED) is 0.519. The number of nitrogens with zero attached hydrogens (tertiary/aromatic N) is 1. The largest absolute Gasteiger partial charge is 0.497 e. The molecule has 34 heavy (non-hydrogen) atoms. The molecule has 4 rings (SSSR count). The Kier molecular flexibility index (Phi) is 6.23. The Balaban J connectivity index is 1.88. The van der Waals surface area contributed by atoms with E-state index in [9.17, 15) is 14.0 Å². The molecule has 7 nitrogen and oxygen atoms in total. The maximum atomic E-state index is 13.7. The number of imide groups is 1. The lowest BCUT2D eigenvalue weighted by atomic mass is 10.0. The van der Waals surface area contributed by atoms with Crippen molar-refractivity contribution in [2.75, 3.05) is 31.5 Å². The fourth-order valence-electron chi connectivity index (χ4n) is 3.77. The van der Waals surface area contributed by atoms with E-state index < -0.39 is 17.6 Å². The van der Waals surface area contributed by atoms with Gasteiger partial charge in [0.25, 0.3) is 11.8 Å². The van der Waals surface area contributed by atoms with Crippen molar-refractivity contribution in [3.05, 3.63) is 83.3 Å². The summed E-state index contributed by atoms with van der Waals surface area (Å²) in [7, 11) is 4.44. The van der Waals surface area contributed by atoms with Gasteiger partial charge in [0, 0.05) is 6.07 Å². The normalized spacial score (nSPS) is 13.4. The molecule has 0 atom stereocenters. The fraction of sp³-hybridized carbons (Fsp3) is 0.154. The van der Waals surface area contributed by atoms with Crippen molar-refractivity contribution in [2.24, 2.45) is 0 Å². The summed E-state index contributed by atoms with van der Waals surface area (Å²) < 4.78 is 29.7. The predicted molar refractivity (Wildman–Crippen MR) is 127 cm³/mol. The summed E-state index contributed by atoms with van der Waals surface area (Å²) in [6.07, 6.45) is 0. The number of hydrogen-bond acceptors (Lipinski definition) is 6. The van der Waals surface area contributed by atoms with Crippen molar-refractivity contribution >= 4 is 28.8 Å². The van der Waals surface area contributed by atoms with E-state index in [4.69, 9.17) is 14.2 Å². The molecule has 3 aromatic carbocycles. The van der Waals surface area contributed by atoms with Gasteiger partial charge in [-0.2, -0.15) is 0 Å². The van der Waals surface area contributed by atoms with Crippen LogP contribution in [0.25, 0.3) is 5.57 Å². The first kappa shape index (κ1) is 22.8. The Hall–Kier alpha value is -4.33. The molecule has 1 heterocycles. The Morgan fingerprint density at radius 3 is 2.12 bits per heavy atom. The second-order valence-corrected chi connectivity index (χ2v) is 7.57. The smallest absolute Gasteiger partial charge is 0.282 e. The molecule has 3 aromatic rings. The predicted octanol–water partition coefficient (Wildman–Crippen LogP) is 4.56. The van der Waals surface area contributed by atoms with Crippen LogP contribution in [0, 0.1) is 12.7 Å². The molecule has 0 saturated carbocycles. The SMILES string of the molecule is COc1ccc(OC)c(N2C(=O)C(Nc3cc(C)ccc3OC)=C(c3ccc(F)cc3)C2=O)c1. The number of amides is 2. The van der Waals surface area contributed by atoms with Gasteiger partial charge in [0.2, 0.25) is 0 Å². The minimum atomic E-state index is -0.598. The van der Waals surface area contributed by atoms with E-state index in [1.165, 1.54) is 45.6 Å². The van der Waals surface area contributed by atoms with Gasteiger partial charge >= 0.3 is 0 Å². The molecule has 0 saturated heterocycles. The molecular weight excluding hydrogens is 439 g/mol.